The zero-order valence-electron chi connectivity index (χ0n) is 19.2. The van der Waals surface area contributed by atoms with E-state index in [1.807, 2.05) is 25.1 Å². The van der Waals surface area contributed by atoms with Crippen molar-refractivity contribution in [1.82, 2.24) is 19.7 Å². The van der Waals surface area contributed by atoms with Gasteiger partial charge in [-0.05, 0) is 36.6 Å². The number of thiazole rings is 1. The van der Waals surface area contributed by atoms with Crippen LogP contribution in [-0.2, 0) is 16.1 Å². The third-order valence-electron chi connectivity index (χ3n) is 5.58. The lowest BCUT2D eigenvalue weighted by Crippen LogP contribution is -2.38. The molecule has 0 saturated carbocycles. The van der Waals surface area contributed by atoms with Gasteiger partial charge in [-0.25, -0.2) is 4.98 Å². The standard InChI is InChI=1S/C24H26N6O2S2/c1-16-12-17(2)21-19(13-16)34-22(26-21)25-20(31)15-33-24-28-27-23(29-8-10-32-11-9-29)30(24)14-18-6-4-3-5-7-18/h3-7,12-13H,8-11,14-15H2,1-2H3,(H,25,26,31). The van der Waals surface area contributed by atoms with E-state index < -0.39 is 0 Å². The fourth-order valence-corrected chi connectivity index (χ4v) is 5.79. The molecule has 1 aliphatic rings. The molecule has 10 heteroatoms. The van der Waals surface area contributed by atoms with Crippen LogP contribution < -0.4 is 10.2 Å². The number of fused-ring (bicyclic) bond motifs is 1. The first-order chi connectivity index (χ1) is 16.6. The number of nitrogens with one attached hydrogen (secondary N) is 1. The molecule has 176 valence electrons. The lowest BCUT2D eigenvalue weighted by molar-refractivity contribution is -0.113. The molecule has 0 spiro atoms. The van der Waals surface area contributed by atoms with Crippen molar-refractivity contribution in [3.8, 4) is 0 Å². The Morgan fingerprint density at radius 1 is 1.15 bits per heavy atom. The first kappa shape index (κ1) is 22.8. The molecule has 0 bridgehead atoms. The number of rotatable bonds is 7. The van der Waals surface area contributed by atoms with E-state index in [1.165, 1.54) is 28.7 Å². The van der Waals surface area contributed by atoms with Crippen LogP contribution in [0, 0.1) is 13.8 Å². The normalized spacial score (nSPS) is 14.0. The first-order valence-electron chi connectivity index (χ1n) is 11.2. The van der Waals surface area contributed by atoms with Crippen molar-refractivity contribution >= 4 is 50.3 Å². The minimum absolute atomic E-state index is 0.111. The van der Waals surface area contributed by atoms with E-state index in [9.17, 15) is 4.79 Å². The summed E-state index contributed by atoms with van der Waals surface area (Å²) in [6, 6.07) is 14.4. The van der Waals surface area contributed by atoms with E-state index in [-0.39, 0.29) is 11.7 Å². The van der Waals surface area contributed by atoms with E-state index in [4.69, 9.17) is 4.74 Å². The second-order valence-corrected chi connectivity index (χ2v) is 10.2. The Hall–Kier alpha value is -2.95. The number of aromatic nitrogens is 4. The highest BCUT2D eigenvalue weighted by atomic mass is 32.2. The number of anilines is 2. The average Bonchev–Trinajstić information content (AvgIpc) is 3.42. The molecule has 4 aromatic rings. The summed E-state index contributed by atoms with van der Waals surface area (Å²) in [7, 11) is 0. The Morgan fingerprint density at radius 2 is 1.94 bits per heavy atom. The van der Waals surface area contributed by atoms with Crippen molar-refractivity contribution in [2.75, 3.05) is 42.3 Å². The fourth-order valence-electron chi connectivity index (χ4n) is 4.00. The summed E-state index contributed by atoms with van der Waals surface area (Å²) in [5.41, 5.74) is 4.40. The molecule has 0 atom stereocenters. The van der Waals surface area contributed by atoms with Crippen molar-refractivity contribution < 1.29 is 9.53 Å². The van der Waals surface area contributed by atoms with Crippen molar-refractivity contribution in [2.24, 2.45) is 0 Å². The number of aryl methyl sites for hydroxylation is 2. The molecule has 1 aliphatic heterocycles. The monoisotopic (exact) mass is 494 g/mol. The highest BCUT2D eigenvalue weighted by molar-refractivity contribution is 7.99. The van der Waals surface area contributed by atoms with Gasteiger partial charge in [-0.1, -0.05) is 59.5 Å². The minimum Gasteiger partial charge on any atom is -0.378 e. The molecule has 1 fully saturated rings. The summed E-state index contributed by atoms with van der Waals surface area (Å²) in [5.74, 6) is 0.928. The predicted octanol–water partition coefficient (Wildman–Crippen LogP) is 4.12. The van der Waals surface area contributed by atoms with Crippen LogP contribution in [0.15, 0.2) is 47.6 Å². The molecule has 5 rings (SSSR count). The molecule has 1 N–H and O–H groups in total. The Morgan fingerprint density at radius 3 is 2.74 bits per heavy atom. The van der Waals surface area contributed by atoms with E-state index in [0.717, 1.165) is 45.5 Å². The van der Waals surface area contributed by atoms with Gasteiger partial charge in [0.1, 0.15) is 0 Å². The maximum atomic E-state index is 12.7. The molecule has 0 radical (unpaired) electrons. The molecular weight excluding hydrogens is 468 g/mol. The Kier molecular flexibility index (Phi) is 6.80. The molecule has 1 amide bonds. The Balaban J connectivity index is 1.31. The minimum atomic E-state index is -0.111. The number of amides is 1. The Bertz CT molecular complexity index is 1300. The average molecular weight is 495 g/mol. The zero-order chi connectivity index (χ0) is 23.5. The maximum absolute atomic E-state index is 12.7. The van der Waals surface area contributed by atoms with Crippen molar-refractivity contribution in [2.45, 2.75) is 25.5 Å². The third kappa shape index (κ3) is 5.08. The van der Waals surface area contributed by atoms with Gasteiger partial charge in [-0.2, -0.15) is 0 Å². The van der Waals surface area contributed by atoms with Gasteiger partial charge in [0.25, 0.3) is 0 Å². The molecule has 2 aromatic heterocycles. The number of hydrogen-bond donors (Lipinski definition) is 1. The molecule has 8 nitrogen and oxygen atoms in total. The molecule has 1 saturated heterocycles. The van der Waals surface area contributed by atoms with Crippen LogP contribution in [0.3, 0.4) is 0 Å². The number of nitrogens with zero attached hydrogens (tertiary/aromatic N) is 5. The number of carbonyl (C=O) groups is 1. The van der Waals surface area contributed by atoms with Crippen LogP contribution in [-0.4, -0.2) is 57.7 Å². The largest absolute Gasteiger partial charge is 0.378 e. The van der Waals surface area contributed by atoms with Crippen molar-refractivity contribution in [3.63, 3.8) is 0 Å². The maximum Gasteiger partial charge on any atom is 0.236 e. The second-order valence-electron chi connectivity index (χ2n) is 8.24. The second kappa shape index (κ2) is 10.1. The highest BCUT2D eigenvalue weighted by Gasteiger charge is 2.21. The van der Waals surface area contributed by atoms with Crippen LogP contribution in [0.25, 0.3) is 10.2 Å². The summed E-state index contributed by atoms with van der Waals surface area (Å²) in [6.07, 6.45) is 0. The fraction of sp³-hybridized carbons (Fsp3) is 0.333. The zero-order valence-corrected chi connectivity index (χ0v) is 20.8. The van der Waals surface area contributed by atoms with Gasteiger partial charge in [-0.3, -0.25) is 9.36 Å². The third-order valence-corrected chi connectivity index (χ3v) is 7.47. The topological polar surface area (TPSA) is 85.2 Å². The van der Waals surface area contributed by atoms with Crippen LogP contribution in [0.1, 0.15) is 16.7 Å². The number of morpholine rings is 1. The molecule has 3 heterocycles. The number of ether oxygens (including phenoxy) is 1. The van der Waals surface area contributed by atoms with E-state index >= 15 is 0 Å². The SMILES string of the molecule is Cc1cc(C)c2nc(NC(=O)CSc3nnc(N4CCOCC4)n3Cc3ccccc3)sc2c1. The van der Waals surface area contributed by atoms with Gasteiger partial charge in [0, 0.05) is 13.1 Å². The summed E-state index contributed by atoms with van der Waals surface area (Å²) >= 11 is 2.89. The van der Waals surface area contributed by atoms with E-state index in [2.05, 4.69) is 61.2 Å². The quantitative estimate of drug-likeness (QED) is 0.387. The van der Waals surface area contributed by atoms with Crippen LogP contribution in [0.5, 0.6) is 0 Å². The number of hydrogen-bond acceptors (Lipinski definition) is 8. The lowest BCUT2D eigenvalue weighted by Gasteiger charge is -2.28. The summed E-state index contributed by atoms with van der Waals surface area (Å²) in [5, 5.41) is 13.2. The van der Waals surface area contributed by atoms with E-state index in [1.54, 1.807) is 0 Å². The van der Waals surface area contributed by atoms with Gasteiger partial charge in [0.2, 0.25) is 11.9 Å². The Labute approximate surface area is 206 Å². The predicted molar refractivity (Wildman–Crippen MR) is 137 cm³/mol. The summed E-state index contributed by atoms with van der Waals surface area (Å²) < 4.78 is 8.66. The number of carbonyl (C=O) groups excluding carboxylic acids is 1. The van der Waals surface area contributed by atoms with Gasteiger partial charge >= 0.3 is 0 Å². The first-order valence-corrected chi connectivity index (χ1v) is 13.0. The molecular formula is C24H26N6O2S2. The molecule has 34 heavy (non-hydrogen) atoms. The summed E-state index contributed by atoms with van der Waals surface area (Å²) in [4.78, 5) is 19.5. The summed E-state index contributed by atoms with van der Waals surface area (Å²) in [6.45, 7) is 7.64. The lowest BCUT2D eigenvalue weighted by atomic mass is 10.1. The van der Waals surface area contributed by atoms with Gasteiger partial charge in [-0.15, -0.1) is 10.2 Å². The van der Waals surface area contributed by atoms with Crippen molar-refractivity contribution in [3.05, 3.63) is 59.2 Å². The van der Waals surface area contributed by atoms with Gasteiger partial charge < -0.3 is 15.0 Å². The van der Waals surface area contributed by atoms with Crippen molar-refractivity contribution in [1.29, 1.82) is 0 Å². The van der Waals surface area contributed by atoms with Crippen LogP contribution in [0.2, 0.25) is 0 Å². The van der Waals surface area contributed by atoms with Gasteiger partial charge in [0.15, 0.2) is 10.3 Å². The van der Waals surface area contributed by atoms with Crippen LogP contribution >= 0.6 is 23.1 Å². The highest BCUT2D eigenvalue weighted by Crippen LogP contribution is 2.30. The van der Waals surface area contributed by atoms with E-state index in [0.29, 0.717) is 24.9 Å². The number of thioether (sulfide) groups is 1. The molecule has 0 aliphatic carbocycles. The molecule has 0 unspecified atom stereocenters. The number of benzene rings is 2. The smallest absolute Gasteiger partial charge is 0.236 e. The van der Waals surface area contributed by atoms with Gasteiger partial charge in [0.05, 0.1) is 35.7 Å². The van der Waals surface area contributed by atoms with Crippen LogP contribution in [0.4, 0.5) is 11.1 Å². The molecule has 2 aromatic carbocycles.